The van der Waals surface area contributed by atoms with Gasteiger partial charge in [0.05, 0.1) is 14.2 Å². The van der Waals surface area contributed by atoms with E-state index in [0.717, 1.165) is 37.2 Å². The number of rotatable bonds is 5. The minimum atomic E-state index is 0.0833. The van der Waals surface area contributed by atoms with Crippen molar-refractivity contribution in [2.45, 2.75) is 38.1 Å². The van der Waals surface area contributed by atoms with Gasteiger partial charge in [0.2, 0.25) is 5.91 Å². The molecule has 0 bridgehead atoms. The lowest BCUT2D eigenvalue weighted by Gasteiger charge is -2.40. The fourth-order valence-corrected chi connectivity index (χ4v) is 3.96. The molecule has 1 aromatic carbocycles. The molecule has 142 valence electrons. The van der Waals surface area contributed by atoms with Crippen LogP contribution >= 0.6 is 0 Å². The van der Waals surface area contributed by atoms with Crippen molar-refractivity contribution in [1.29, 1.82) is 0 Å². The number of methoxy groups -OCH3 is 2. The molecule has 1 amide bonds. The SMILES string of the molecule is COc1ccc(/C=C\C(=O)N2CCC(N3CCCCC3)CC2)c(OC)c1. The maximum absolute atomic E-state index is 12.5. The molecule has 2 aliphatic rings. The van der Waals surface area contributed by atoms with Crippen LogP contribution in [0.15, 0.2) is 24.3 Å². The molecule has 2 heterocycles. The van der Waals surface area contributed by atoms with Crippen LogP contribution in [0, 0.1) is 0 Å². The van der Waals surface area contributed by atoms with E-state index in [0.29, 0.717) is 11.8 Å². The average molecular weight is 358 g/mol. The summed E-state index contributed by atoms with van der Waals surface area (Å²) in [6.07, 6.45) is 9.68. The Morgan fingerprint density at radius 1 is 1.04 bits per heavy atom. The van der Waals surface area contributed by atoms with Crippen molar-refractivity contribution < 1.29 is 14.3 Å². The van der Waals surface area contributed by atoms with Gasteiger partial charge in [0.1, 0.15) is 11.5 Å². The first-order valence-electron chi connectivity index (χ1n) is 9.64. The summed E-state index contributed by atoms with van der Waals surface area (Å²) >= 11 is 0. The van der Waals surface area contributed by atoms with Gasteiger partial charge in [-0.2, -0.15) is 0 Å². The zero-order chi connectivity index (χ0) is 18.4. The number of hydrogen-bond donors (Lipinski definition) is 0. The summed E-state index contributed by atoms with van der Waals surface area (Å²) in [5, 5.41) is 0. The van der Waals surface area contributed by atoms with Crippen LogP contribution in [0.4, 0.5) is 0 Å². The van der Waals surface area contributed by atoms with Crippen LogP contribution < -0.4 is 9.47 Å². The topological polar surface area (TPSA) is 42.0 Å². The van der Waals surface area contributed by atoms with Gasteiger partial charge in [-0.25, -0.2) is 0 Å². The fourth-order valence-electron chi connectivity index (χ4n) is 3.96. The van der Waals surface area contributed by atoms with E-state index in [1.807, 2.05) is 29.2 Å². The lowest BCUT2D eigenvalue weighted by atomic mass is 10.00. The van der Waals surface area contributed by atoms with Gasteiger partial charge >= 0.3 is 0 Å². The molecule has 0 aromatic heterocycles. The first kappa shape index (κ1) is 18.8. The highest BCUT2D eigenvalue weighted by Gasteiger charge is 2.26. The quantitative estimate of drug-likeness (QED) is 0.758. The molecule has 0 unspecified atom stereocenters. The van der Waals surface area contributed by atoms with Gasteiger partial charge in [-0.3, -0.25) is 4.79 Å². The van der Waals surface area contributed by atoms with Crippen molar-refractivity contribution >= 4 is 12.0 Å². The summed E-state index contributed by atoms with van der Waals surface area (Å²) < 4.78 is 10.6. The Morgan fingerprint density at radius 3 is 2.42 bits per heavy atom. The molecule has 0 saturated carbocycles. The first-order valence-corrected chi connectivity index (χ1v) is 9.64. The zero-order valence-electron chi connectivity index (χ0n) is 15.9. The van der Waals surface area contributed by atoms with Crippen molar-refractivity contribution in [1.82, 2.24) is 9.80 Å². The molecule has 26 heavy (non-hydrogen) atoms. The van der Waals surface area contributed by atoms with Crippen molar-refractivity contribution in [3.05, 3.63) is 29.8 Å². The molecule has 3 rings (SSSR count). The molecule has 0 radical (unpaired) electrons. The van der Waals surface area contributed by atoms with Gasteiger partial charge in [0, 0.05) is 36.8 Å². The van der Waals surface area contributed by atoms with Gasteiger partial charge in [-0.15, -0.1) is 0 Å². The van der Waals surface area contributed by atoms with Crippen LogP contribution in [-0.4, -0.2) is 62.1 Å². The number of ether oxygens (including phenoxy) is 2. The van der Waals surface area contributed by atoms with E-state index in [9.17, 15) is 4.79 Å². The van der Waals surface area contributed by atoms with Crippen LogP contribution in [0.25, 0.3) is 6.08 Å². The van der Waals surface area contributed by atoms with Crippen molar-refractivity contribution in [3.63, 3.8) is 0 Å². The van der Waals surface area contributed by atoms with E-state index >= 15 is 0 Å². The number of carbonyl (C=O) groups is 1. The average Bonchev–Trinajstić information content (AvgIpc) is 2.72. The highest BCUT2D eigenvalue weighted by molar-refractivity contribution is 5.92. The minimum Gasteiger partial charge on any atom is -0.497 e. The number of carbonyl (C=O) groups excluding carboxylic acids is 1. The van der Waals surface area contributed by atoms with E-state index in [1.54, 1.807) is 20.3 Å². The number of likely N-dealkylation sites (tertiary alicyclic amines) is 2. The Balaban J connectivity index is 1.55. The van der Waals surface area contributed by atoms with E-state index in [4.69, 9.17) is 9.47 Å². The Bertz CT molecular complexity index is 630. The smallest absolute Gasteiger partial charge is 0.246 e. The second kappa shape index (κ2) is 9.08. The van der Waals surface area contributed by atoms with Gasteiger partial charge < -0.3 is 19.3 Å². The lowest BCUT2D eigenvalue weighted by molar-refractivity contribution is -0.127. The first-order chi connectivity index (χ1) is 12.7. The Kier molecular flexibility index (Phi) is 6.56. The van der Waals surface area contributed by atoms with E-state index < -0.39 is 0 Å². The summed E-state index contributed by atoms with van der Waals surface area (Å²) in [5.41, 5.74) is 0.879. The molecular formula is C21H30N2O3. The summed E-state index contributed by atoms with van der Waals surface area (Å²) in [6.45, 7) is 4.17. The third kappa shape index (κ3) is 4.58. The predicted molar refractivity (Wildman–Crippen MR) is 104 cm³/mol. The van der Waals surface area contributed by atoms with Gasteiger partial charge in [-0.1, -0.05) is 6.42 Å². The third-order valence-corrected chi connectivity index (χ3v) is 5.53. The molecule has 2 fully saturated rings. The van der Waals surface area contributed by atoms with Crippen LogP contribution in [0.3, 0.4) is 0 Å². The maximum atomic E-state index is 12.5. The standard InChI is InChI=1S/C21H30N2O3/c1-25-19-8-6-17(20(16-19)26-2)7-9-21(24)23-14-10-18(11-15-23)22-12-4-3-5-13-22/h6-9,16,18H,3-5,10-15H2,1-2H3/b9-7-. The van der Waals surface area contributed by atoms with Crippen molar-refractivity contribution in [3.8, 4) is 11.5 Å². The molecule has 2 saturated heterocycles. The molecule has 0 spiro atoms. The molecule has 1 aromatic rings. The molecule has 0 N–H and O–H groups in total. The number of piperidine rings is 2. The number of nitrogens with zero attached hydrogens (tertiary/aromatic N) is 2. The number of amides is 1. The van der Waals surface area contributed by atoms with Crippen LogP contribution in [0.1, 0.15) is 37.7 Å². The Morgan fingerprint density at radius 2 is 1.77 bits per heavy atom. The summed E-state index contributed by atoms with van der Waals surface area (Å²) in [6, 6.07) is 6.26. The second-order valence-corrected chi connectivity index (χ2v) is 7.09. The van der Waals surface area contributed by atoms with Crippen molar-refractivity contribution in [2.75, 3.05) is 40.4 Å². The zero-order valence-corrected chi connectivity index (χ0v) is 15.9. The van der Waals surface area contributed by atoms with Crippen molar-refractivity contribution in [2.24, 2.45) is 0 Å². The predicted octanol–water partition coefficient (Wildman–Crippen LogP) is 3.19. The Hall–Kier alpha value is -2.01. The van der Waals surface area contributed by atoms with Crippen LogP contribution in [-0.2, 0) is 4.79 Å². The monoisotopic (exact) mass is 358 g/mol. The normalized spacial score (nSPS) is 19.7. The largest absolute Gasteiger partial charge is 0.497 e. The van der Waals surface area contributed by atoms with E-state index in [2.05, 4.69) is 4.90 Å². The molecule has 5 heteroatoms. The maximum Gasteiger partial charge on any atom is 0.246 e. The molecule has 5 nitrogen and oxygen atoms in total. The van der Waals surface area contributed by atoms with Gasteiger partial charge in [-0.05, 0) is 57.0 Å². The number of benzene rings is 1. The lowest BCUT2D eigenvalue weighted by Crippen LogP contribution is -2.47. The minimum absolute atomic E-state index is 0.0833. The summed E-state index contributed by atoms with van der Waals surface area (Å²) in [4.78, 5) is 17.1. The third-order valence-electron chi connectivity index (χ3n) is 5.53. The second-order valence-electron chi connectivity index (χ2n) is 7.09. The molecule has 0 aliphatic carbocycles. The Labute approximate surface area is 156 Å². The van der Waals surface area contributed by atoms with Crippen LogP contribution in [0.5, 0.6) is 11.5 Å². The number of hydrogen-bond acceptors (Lipinski definition) is 4. The van der Waals surface area contributed by atoms with E-state index in [-0.39, 0.29) is 5.91 Å². The molecule has 2 aliphatic heterocycles. The van der Waals surface area contributed by atoms with Gasteiger partial charge in [0.15, 0.2) is 0 Å². The van der Waals surface area contributed by atoms with Gasteiger partial charge in [0.25, 0.3) is 0 Å². The highest BCUT2D eigenvalue weighted by atomic mass is 16.5. The summed E-state index contributed by atoms with van der Waals surface area (Å²) in [5.74, 6) is 1.53. The molecule has 0 atom stereocenters. The molecular weight excluding hydrogens is 328 g/mol. The fraction of sp³-hybridized carbons (Fsp3) is 0.571. The summed E-state index contributed by atoms with van der Waals surface area (Å²) in [7, 11) is 3.25. The highest BCUT2D eigenvalue weighted by Crippen LogP contribution is 2.26. The van der Waals surface area contributed by atoms with Crippen LogP contribution in [0.2, 0.25) is 0 Å². The van der Waals surface area contributed by atoms with E-state index in [1.165, 1.54) is 32.4 Å².